The summed E-state index contributed by atoms with van der Waals surface area (Å²) in [6.45, 7) is 4.61. The maximum absolute atomic E-state index is 12.5. The average molecular weight is 339 g/mol. The highest BCUT2D eigenvalue weighted by atomic mass is 16.2. The zero-order valence-corrected chi connectivity index (χ0v) is 14.3. The van der Waals surface area contributed by atoms with E-state index in [1.54, 1.807) is 29.0 Å². The zero-order chi connectivity index (χ0) is 18.0. The van der Waals surface area contributed by atoms with Crippen LogP contribution in [0, 0.1) is 5.92 Å². The molecule has 0 unspecified atom stereocenters. The average Bonchev–Trinajstić information content (AvgIpc) is 2.56. The lowest BCUT2D eigenvalue weighted by atomic mass is 10.0. The van der Waals surface area contributed by atoms with Crippen LogP contribution in [-0.2, 0) is 17.8 Å². The molecule has 0 saturated heterocycles. The first-order chi connectivity index (χ1) is 11.9. The van der Waals surface area contributed by atoms with Gasteiger partial charge in [-0.05, 0) is 48.2 Å². The summed E-state index contributed by atoms with van der Waals surface area (Å²) >= 11 is 0. The fourth-order valence-corrected chi connectivity index (χ4v) is 2.91. The van der Waals surface area contributed by atoms with E-state index in [-0.39, 0.29) is 17.0 Å². The van der Waals surface area contributed by atoms with Crippen molar-refractivity contribution in [1.29, 1.82) is 0 Å². The van der Waals surface area contributed by atoms with Crippen LogP contribution in [-0.4, -0.2) is 16.4 Å². The molecular formula is C19H21N3O3. The number of carbonyl (C=O) groups is 2. The predicted octanol–water partition coefficient (Wildman–Crippen LogP) is 2.64. The Morgan fingerprint density at radius 1 is 1.24 bits per heavy atom. The first kappa shape index (κ1) is 17.0. The number of nitrogens with one attached hydrogen (secondary N) is 2. The number of carbonyl (C=O) groups excluding carboxylic acids is 2. The molecule has 0 aliphatic carbocycles. The van der Waals surface area contributed by atoms with Crippen molar-refractivity contribution in [3.05, 3.63) is 58.0 Å². The Morgan fingerprint density at radius 2 is 2.04 bits per heavy atom. The highest BCUT2D eigenvalue weighted by Crippen LogP contribution is 2.25. The van der Waals surface area contributed by atoms with E-state index in [9.17, 15) is 14.4 Å². The maximum Gasteiger partial charge on any atom is 0.263 e. The van der Waals surface area contributed by atoms with Gasteiger partial charge in [-0.25, -0.2) is 0 Å². The van der Waals surface area contributed by atoms with E-state index in [0.717, 1.165) is 11.3 Å². The lowest BCUT2D eigenvalue weighted by Gasteiger charge is -2.17. The molecule has 2 N–H and O–H groups in total. The van der Waals surface area contributed by atoms with Crippen molar-refractivity contribution in [3.8, 4) is 0 Å². The Labute approximate surface area is 145 Å². The van der Waals surface area contributed by atoms with Crippen molar-refractivity contribution in [3.63, 3.8) is 0 Å². The minimum atomic E-state index is -0.428. The Bertz CT molecular complexity index is 884. The van der Waals surface area contributed by atoms with Gasteiger partial charge in [-0.15, -0.1) is 0 Å². The molecule has 2 aromatic rings. The van der Waals surface area contributed by atoms with Gasteiger partial charge in [-0.1, -0.05) is 13.8 Å². The molecule has 0 saturated carbocycles. The molecule has 0 bridgehead atoms. The lowest BCUT2D eigenvalue weighted by Crippen LogP contribution is -2.29. The van der Waals surface area contributed by atoms with Gasteiger partial charge in [0.1, 0.15) is 5.56 Å². The third kappa shape index (κ3) is 3.79. The van der Waals surface area contributed by atoms with Crippen LogP contribution in [0.4, 0.5) is 11.4 Å². The lowest BCUT2D eigenvalue weighted by molar-refractivity contribution is -0.116. The highest BCUT2D eigenvalue weighted by Gasteiger charge is 2.17. The summed E-state index contributed by atoms with van der Waals surface area (Å²) in [6.07, 6.45) is 2.76. The van der Waals surface area contributed by atoms with Gasteiger partial charge in [-0.3, -0.25) is 14.4 Å². The van der Waals surface area contributed by atoms with Crippen molar-refractivity contribution in [2.24, 2.45) is 5.92 Å². The Morgan fingerprint density at radius 3 is 2.80 bits per heavy atom. The van der Waals surface area contributed by atoms with Crippen LogP contribution in [0.15, 0.2) is 41.3 Å². The molecule has 0 radical (unpaired) electrons. The van der Waals surface area contributed by atoms with Crippen LogP contribution in [0.1, 0.15) is 36.2 Å². The molecule has 1 aliphatic rings. The zero-order valence-electron chi connectivity index (χ0n) is 14.3. The first-order valence-electron chi connectivity index (χ1n) is 8.37. The van der Waals surface area contributed by atoms with Crippen molar-refractivity contribution in [2.75, 3.05) is 10.6 Å². The van der Waals surface area contributed by atoms with Gasteiger partial charge < -0.3 is 15.2 Å². The molecule has 0 atom stereocenters. The Balaban J connectivity index is 1.81. The predicted molar refractivity (Wildman–Crippen MR) is 96.9 cm³/mol. The molecule has 0 spiro atoms. The molecule has 6 heteroatoms. The Kier molecular flexibility index (Phi) is 4.70. The SMILES string of the molecule is CC(C)Cn1cccc(C(=O)Nc2ccc3c(c2)CCC(=O)N3)c1=O. The van der Waals surface area contributed by atoms with Crippen LogP contribution in [0.2, 0.25) is 0 Å². The highest BCUT2D eigenvalue weighted by molar-refractivity contribution is 6.04. The number of nitrogens with zero attached hydrogens (tertiary/aromatic N) is 1. The van der Waals surface area contributed by atoms with E-state index in [2.05, 4.69) is 10.6 Å². The fraction of sp³-hybridized carbons (Fsp3) is 0.316. The molecular weight excluding hydrogens is 318 g/mol. The number of hydrogen-bond donors (Lipinski definition) is 2. The summed E-state index contributed by atoms with van der Waals surface area (Å²) in [4.78, 5) is 36.4. The number of anilines is 2. The summed E-state index contributed by atoms with van der Waals surface area (Å²) < 4.78 is 1.56. The first-order valence-corrected chi connectivity index (χ1v) is 8.37. The number of fused-ring (bicyclic) bond motifs is 1. The van der Waals surface area contributed by atoms with Crippen molar-refractivity contribution < 1.29 is 9.59 Å². The van der Waals surface area contributed by atoms with E-state index in [0.29, 0.717) is 31.0 Å². The van der Waals surface area contributed by atoms with Crippen molar-refractivity contribution in [2.45, 2.75) is 33.2 Å². The second-order valence-corrected chi connectivity index (χ2v) is 6.65. The number of rotatable bonds is 4. The molecule has 2 heterocycles. The van der Waals surface area contributed by atoms with E-state index in [1.807, 2.05) is 19.9 Å². The quantitative estimate of drug-likeness (QED) is 0.898. The molecule has 2 amide bonds. The Hall–Kier alpha value is -2.89. The van der Waals surface area contributed by atoms with Crippen molar-refractivity contribution >= 4 is 23.2 Å². The summed E-state index contributed by atoms with van der Waals surface area (Å²) in [7, 11) is 0. The number of benzene rings is 1. The minimum absolute atomic E-state index is 0.000672. The molecule has 0 fully saturated rings. The second kappa shape index (κ2) is 6.93. The van der Waals surface area contributed by atoms with Gasteiger partial charge in [0.15, 0.2) is 0 Å². The van der Waals surface area contributed by atoms with Gasteiger partial charge >= 0.3 is 0 Å². The molecule has 3 rings (SSSR count). The van der Waals surface area contributed by atoms with Gasteiger partial charge in [0.25, 0.3) is 11.5 Å². The van der Waals surface area contributed by atoms with Crippen LogP contribution >= 0.6 is 0 Å². The number of aromatic nitrogens is 1. The summed E-state index contributed by atoms with van der Waals surface area (Å²) in [5.41, 5.74) is 2.18. The number of aryl methyl sites for hydroxylation is 1. The third-order valence-corrected chi connectivity index (χ3v) is 4.09. The fourth-order valence-electron chi connectivity index (χ4n) is 2.91. The monoisotopic (exact) mass is 339 g/mol. The van der Waals surface area contributed by atoms with E-state index < -0.39 is 5.91 Å². The maximum atomic E-state index is 12.5. The van der Waals surface area contributed by atoms with Crippen LogP contribution < -0.4 is 16.2 Å². The summed E-state index contributed by atoms with van der Waals surface area (Å²) in [6, 6.07) is 8.57. The summed E-state index contributed by atoms with van der Waals surface area (Å²) in [5.74, 6) is -0.117. The van der Waals surface area contributed by atoms with Crippen molar-refractivity contribution in [1.82, 2.24) is 4.57 Å². The number of pyridine rings is 1. The van der Waals surface area contributed by atoms with Gasteiger partial charge in [0, 0.05) is 30.5 Å². The molecule has 25 heavy (non-hydrogen) atoms. The third-order valence-electron chi connectivity index (χ3n) is 4.09. The molecule has 1 aromatic carbocycles. The topological polar surface area (TPSA) is 80.2 Å². The van der Waals surface area contributed by atoms with Gasteiger partial charge in [0.05, 0.1) is 0 Å². The number of amides is 2. The molecule has 6 nitrogen and oxygen atoms in total. The molecule has 1 aromatic heterocycles. The molecule has 130 valence electrons. The number of hydrogen-bond acceptors (Lipinski definition) is 3. The minimum Gasteiger partial charge on any atom is -0.326 e. The molecule has 1 aliphatic heterocycles. The van der Waals surface area contributed by atoms with Crippen LogP contribution in [0.3, 0.4) is 0 Å². The van der Waals surface area contributed by atoms with Crippen LogP contribution in [0.25, 0.3) is 0 Å². The summed E-state index contributed by atoms with van der Waals surface area (Å²) in [5, 5.41) is 5.58. The smallest absolute Gasteiger partial charge is 0.263 e. The van der Waals surface area contributed by atoms with E-state index >= 15 is 0 Å². The van der Waals surface area contributed by atoms with E-state index in [1.165, 1.54) is 6.07 Å². The standard InChI is InChI=1S/C19H21N3O3/c1-12(2)11-22-9-3-4-15(19(22)25)18(24)20-14-6-7-16-13(10-14)5-8-17(23)21-16/h3-4,6-7,9-10,12H,5,8,11H2,1-2H3,(H,20,24)(H,21,23). The van der Waals surface area contributed by atoms with E-state index in [4.69, 9.17) is 0 Å². The second-order valence-electron chi connectivity index (χ2n) is 6.65. The van der Waals surface area contributed by atoms with Gasteiger partial charge in [0.2, 0.25) is 5.91 Å². The van der Waals surface area contributed by atoms with Crippen LogP contribution in [0.5, 0.6) is 0 Å². The largest absolute Gasteiger partial charge is 0.326 e. The normalized spacial score (nSPS) is 13.3. The van der Waals surface area contributed by atoms with Gasteiger partial charge in [-0.2, -0.15) is 0 Å².